The second kappa shape index (κ2) is 6.01. The van der Waals surface area contributed by atoms with Gasteiger partial charge in [0.05, 0.1) is 20.6 Å². The van der Waals surface area contributed by atoms with Gasteiger partial charge in [-0.25, -0.2) is 0 Å². The summed E-state index contributed by atoms with van der Waals surface area (Å²) in [5, 5.41) is 10.4. The molecule has 0 bridgehead atoms. The zero-order valence-corrected chi connectivity index (χ0v) is 12.5. The highest BCUT2D eigenvalue weighted by molar-refractivity contribution is 6.52. The molecule has 0 saturated heterocycles. The molecule has 0 heterocycles. The summed E-state index contributed by atoms with van der Waals surface area (Å²) < 4.78 is 9.62. The van der Waals surface area contributed by atoms with Gasteiger partial charge in [-0.2, -0.15) is 0 Å². The van der Waals surface area contributed by atoms with E-state index in [0.717, 1.165) is 0 Å². The van der Waals surface area contributed by atoms with Gasteiger partial charge >= 0.3 is 5.97 Å². The van der Waals surface area contributed by atoms with Crippen molar-refractivity contribution in [3.8, 4) is 5.75 Å². The first-order valence-electron chi connectivity index (χ1n) is 6.68. The molecule has 116 valence electrons. The summed E-state index contributed by atoms with van der Waals surface area (Å²) in [5.41, 5.74) is 0.282. The fourth-order valence-corrected chi connectivity index (χ4v) is 2.43. The molecule has 0 fully saturated rings. The van der Waals surface area contributed by atoms with Gasteiger partial charge in [0, 0.05) is 16.7 Å². The molecule has 1 aliphatic rings. The second-order valence-electron chi connectivity index (χ2n) is 5.01. The first kappa shape index (κ1) is 15.8. The summed E-state index contributed by atoms with van der Waals surface area (Å²) in [6.45, 7) is 1.58. The first-order chi connectivity index (χ1) is 10.4. The number of ether oxygens (including phenoxy) is 2. The third-order valence-corrected chi connectivity index (χ3v) is 3.63. The maximum atomic E-state index is 12.2. The molecule has 1 atom stereocenters. The Kier molecular flexibility index (Phi) is 4.30. The number of hydrogen-bond acceptors (Lipinski definition) is 6. The number of hydrogen-bond donors (Lipinski definition) is 1. The summed E-state index contributed by atoms with van der Waals surface area (Å²) in [7, 11) is 2.69. The van der Waals surface area contributed by atoms with Crippen molar-refractivity contribution in [1.82, 2.24) is 0 Å². The molecule has 6 nitrogen and oxygen atoms in total. The maximum Gasteiger partial charge on any atom is 0.306 e. The summed E-state index contributed by atoms with van der Waals surface area (Å²) in [5.74, 6) is -2.51. The van der Waals surface area contributed by atoms with Crippen LogP contribution in [0, 0.1) is 5.92 Å². The van der Waals surface area contributed by atoms with E-state index >= 15 is 0 Å². The Bertz CT molecular complexity index is 686. The van der Waals surface area contributed by atoms with Crippen LogP contribution < -0.4 is 4.74 Å². The van der Waals surface area contributed by atoms with Gasteiger partial charge in [0.2, 0.25) is 11.6 Å². The van der Waals surface area contributed by atoms with Crippen molar-refractivity contribution in [2.24, 2.45) is 5.92 Å². The highest BCUT2D eigenvalue weighted by atomic mass is 16.5. The molecule has 2 rings (SSSR count). The Morgan fingerprint density at radius 2 is 1.86 bits per heavy atom. The van der Waals surface area contributed by atoms with Crippen LogP contribution in [0.2, 0.25) is 0 Å². The Morgan fingerprint density at radius 1 is 1.18 bits per heavy atom. The maximum absolute atomic E-state index is 12.2. The predicted octanol–water partition coefficient (Wildman–Crippen LogP) is 1.93. The predicted molar refractivity (Wildman–Crippen MR) is 77.7 cm³/mol. The van der Waals surface area contributed by atoms with Gasteiger partial charge in [-0.1, -0.05) is 6.92 Å². The molecule has 1 aromatic rings. The molecule has 0 radical (unpaired) electrons. The Balaban J connectivity index is 2.54. The van der Waals surface area contributed by atoms with Crippen molar-refractivity contribution in [3.05, 3.63) is 34.9 Å². The highest BCUT2D eigenvalue weighted by Gasteiger charge is 2.36. The number of aliphatic hydroxyl groups is 1. The molecule has 0 unspecified atom stereocenters. The van der Waals surface area contributed by atoms with Crippen molar-refractivity contribution in [2.75, 3.05) is 14.2 Å². The number of benzene rings is 1. The van der Waals surface area contributed by atoms with Gasteiger partial charge in [-0.05, 0) is 24.1 Å². The molecule has 0 aliphatic heterocycles. The third kappa shape index (κ3) is 2.59. The number of allylic oxidation sites excluding steroid dienone is 1. The topological polar surface area (TPSA) is 89.9 Å². The molecular formula is C16H16O6. The van der Waals surface area contributed by atoms with Gasteiger partial charge in [-0.15, -0.1) is 0 Å². The van der Waals surface area contributed by atoms with Crippen LogP contribution in [0.5, 0.6) is 5.75 Å². The quantitative estimate of drug-likeness (QED) is 0.675. The SMILES string of the molecule is COC(=O)C[C@@H](C)C1=C(O)c2cc(OC)ccc2C(=O)C1=O. The number of methoxy groups -OCH3 is 2. The molecule has 22 heavy (non-hydrogen) atoms. The van der Waals surface area contributed by atoms with Gasteiger partial charge in [0.25, 0.3) is 0 Å². The highest BCUT2D eigenvalue weighted by Crippen LogP contribution is 2.34. The Labute approximate surface area is 127 Å². The van der Waals surface area contributed by atoms with Crippen LogP contribution in [-0.4, -0.2) is 36.9 Å². The van der Waals surface area contributed by atoms with Crippen LogP contribution in [0.3, 0.4) is 0 Å². The molecule has 0 amide bonds. The van der Waals surface area contributed by atoms with Gasteiger partial charge < -0.3 is 14.6 Å². The van der Waals surface area contributed by atoms with E-state index < -0.39 is 23.5 Å². The number of esters is 1. The van der Waals surface area contributed by atoms with Crippen molar-refractivity contribution in [3.63, 3.8) is 0 Å². The van der Waals surface area contributed by atoms with E-state index in [1.165, 1.54) is 26.4 Å². The average molecular weight is 304 g/mol. The van der Waals surface area contributed by atoms with Crippen LogP contribution in [0.15, 0.2) is 23.8 Å². The van der Waals surface area contributed by atoms with Crippen molar-refractivity contribution in [1.29, 1.82) is 0 Å². The summed E-state index contributed by atoms with van der Waals surface area (Å²) in [4.78, 5) is 35.8. The van der Waals surface area contributed by atoms with E-state index in [0.29, 0.717) is 5.75 Å². The smallest absolute Gasteiger partial charge is 0.306 e. The van der Waals surface area contributed by atoms with Crippen LogP contribution in [-0.2, 0) is 14.3 Å². The van der Waals surface area contributed by atoms with E-state index in [1.54, 1.807) is 13.0 Å². The van der Waals surface area contributed by atoms with Crippen molar-refractivity contribution < 1.29 is 29.0 Å². The molecule has 6 heteroatoms. The number of Topliss-reactive ketones (excluding diaryl/α,β-unsaturated/α-hetero) is 2. The molecule has 0 saturated carbocycles. The van der Waals surface area contributed by atoms with E-state index in [1.807, 2.05) is 0 Å². The molecule has 1 aromatic carbocycles. The second-order valence-corrected chi connectivity index (χ2v) is 5.01. The lowest BCUT2D eigenvalue weighted by atomic mass is 9.82. The van der Waals surface area contributed by atoms with Gasteiger partial charge in [0.15, 0.2) is 0 Å². The number of ketones is 2. The van der Waals surface area contributed by atoms with Crippen LogP contribution in [0.25, 0.3) is 5.76 Å². The van der Waals surface area contributed by atoms with Crippen molar-refractivity contribution in [2.45, 2.75) is 13.3 Å². The lowest BCUT2D eigenvalue weighted by Crippen LogP contribution is -2.28. The molecule has 1 N–H and O–H groups in total. The van der Waals surface area contributed by atoms with E-state index in [4.69, 9.17) is 4.74 Å². The number of carbonyl (C=O) groups excluding carboxylic acids is 3. The number of rotatable bonds is 4. The average Bonchev–Trinajstić information content (AvgIpc) is 2.52. The number of carbonyl (C=O) groups is 3. The zero-order chi connectivity index (χ0) is 16.4. The van der Waals surface area contributed by atoms with Crippen molar-refractivity contribution >= 4 is 23.3 Å². The summed E-state index contributed by atoms with van der Waals surface area (Å²) >= 11 is 0. The van der Waals surface area contributed by atoms with E-state index in [9.17, 15) is 19.5 Å². The molecular weight excluding hydrogens is 288 g/mol. The van der Waals surface area contributed by atoms with Crippen LogP contribution >= 0.6 is 0 Å². The van der Waals surface area contributed by atoms with E-state index in [2.05, 4.69) is 4.74 Å². The zero-order valence-electron chi connectivity index (χ0n) is 12.5. The van der Waals surface area contributed by atoms with Crippen LogP contribution in [0.1, 0.15) is 29.3 Å². The Hall–Kier alpha value is -2.63. The standard InChI is InChI=1S/C16H16O6/c1-8(6-12(17)22-3)13-14(18)11-7-9(21-2)4-5-10(11)15(19)16(13)20/h4-5,7-8,18H,6H2,1-3H3/t8-/m1/s1. The summed E-state index contributed by atoms with van der Waals surface area (Å²) in [6, 6.07) is 4.46. The normalized spacial score (nSPS) is 15.4. The molecule has 1 aliphatic carbocycles. The summed E-state index contributed by atoms with van der Waals surface area (Å²) in [6.07, 6.45) is -0.103. The van der Waals surface area contributed by atoms with Gasteiger partial charge in [0.1, 0.15) is 11.5 Å². The lowest BCUT2D eigenvalue weighted by Gasteiger charge is -2.22. The number of aliphatic hydroxyl groups excluding tert-OH is 1. The minimum absolute atomic E-state index is 0.0730. The fraction of sp³-hybridized carbons (Fsp3) is 0.312. The Morgan fingerprint density at radius 3 is 2.45 bits per heavy atom. The number of fused-ring (bicyclic) bond motifs is 1. The minimum atomic E-state index is -0.799. The molecule has 0 aromatic heterocycles. The first-order valence-corrected chi connectivity index (χ1v) is 6.68. The molecule has 0 spiro atoms. The van der Waals surface area contributed by atoms with Gasteiger partial charge in [-0.3, -0.25) is 14.4 Å². The fourth-order valence-electron chi connectivity index (χ4n) is 2.43. The largest absolute Gasteiger partial charge is 0.507 e. The monoisotopic (exact) mass is 304 g/mol. The lowest BCUT2D eigenvalue weighted by molar-refractivity contribution is -0.141. The minimum Gasteiger partial charge on any atom is -0.507 e. The van der Waals surface area contributed by atoms with E-state index in [-0.39, 0.29) is 28.9 Å². The third-order valence-electron chi connectivity index (χ3n) is 3.63. The van der Waals surface area contributed by atoms with Crippen LogP contribution in [0.4, 0.5) is 0 Å².